The van der Waals surface area contributed by atoms with Crippen LogP contribution in [0.3, 0.4) is 0 Å². The van der Waals surface area contributed by atoms with E-state index in [1.807, 2.05) is 50.2 Å². The van der Waals surface area contributed by atoms with Gasteiger partial charge < -0.3 is 15.7 Å². The summed E-state index contributed by atoms with van der Waals surface area (Å²) in [5.41, 5.74) is 5.56. The summed E-state index contributed by atoms with van der Waals surface area (Å²) >= 11 is 0. The smallest absolute Gasteiger partial charge is 0.305 e. The number of carboxylic acid groups (broad SMARTS) is 1. The minimum Gasteiger partial charge on any atom is -0.481 e. The molecule has 0 spiro atoms. The zero-order chi connectivity index (χ0) is 21.6. The molecule has 0 aliphatic heterocycles. The van der Waals surface area contributed by atoms with Crippen LogP contribution in [0.1, 0.15) is 37.0 Å². The van der Waals surface area contributed by atoms with Crippen molar-refractivity contribution in [3.63, 3.8) is 0 Å². The average molecular weight is 398 g/mol. The molecule has 0 unspecified atom stereocenters. The second-order valence-corrected chi connectivity index (χ2v) is 7.29. The summed E-state index contributed by atoms with van der Waals surface area (Å²) in [4.78, 5) is 22.2. The van der Waals surface area contributed by atoms with E-state index in [2.05, 4.69) is 24.5 Å². The molecule has 1 amide bonds. The van der Waals surface area contributed by atoms with E-state index in [1.165, 1.54) is 6.08 Å². The van der Waals surface area contributed by atoms with E-state index >= 15 is 0 Å². The molecule has 5 nitrogen and oxygen atoms in total. The largest absolute Gasteiger partial charge is 0.481 e. The van der Waals surface area contributed by atoms with Crippen LogP contribution in [0.4, 0.5) is 10.1 Å². The van der Waals surface area contributed by atoms with Gasteiger partial charge in [0.1, 0.15) is 0 Å². The van der Waals surface area contributed by atoms with Crippen LogP contribution in [0.25, 0.3) is 17.2 Å². The molecule has 0 heterocycles. The number of carbonyl (C=O) groups is 2. The monoisotopic (exact) mass is 398 g/mol. The maximum Gasteiger partial charge on any atom is 0.305 e. The number of nitrogens with one attached hydrogen (secondary N) is 2. The fourth-order valence-electron chi connectivity index (χ4n) is 2.95. The Morgan fingerprint density at radius 1 is 1.10 bits per heavy atom. The van der Waals surface area contributed by atoms with Crippen molar-refractivity contribution in [1.82, 2.24) is 5.32 Å². The molecule has 0 bridgehead atoms. The van der Waals surface area contributed by atoms with Crippen molar-refractivity contribution in [2.24, 2.45) is 0 Å². The number of benzene rings is 2. The van der Waals surface area contributed by atoms with E-state index in [1.54, 1.807) is 0 Å². The van der Waals surface area contributed by atoms with Gasteiger partial charge in [0, 0.05) is 18.3 Å². The highest BCUT2D eigenvalue weighted by atomic mass is 19.1. The molecule has 3 N–H and O–H groups in total. The summed E-state index contributed by atoms with van der Waals surface area (Å²) in [6, 6.07) is 12.3. The number of halogens is 1. The molecule has 0 fully saturated rings. The van der Waals surface area contributed by atoms with Gasteiger partial charge >= 0.3 is 5.97 Å². The molecule has 0 aliphatic carbocycles. The Morgan fingerprint density at radius 2 is 1.76 bits per heavy atom. The van der Waals surface area contributed by atoms with Crippen LogP contribution in [0, 0.1) is 13.8 Å². The number of carbonyl (C=O) groups excluding carboxylic acids is 1. The molecule has 2 aromatic carbocycles. The van der Waals surface area contributed by atoms with E-state index in [0.29, 0.717) is 11.6 Å². The summed E-state index contributed by atoms with van der Waals surface area (Å²) < 4.78 is 14.2. The van der Waals surface area contributed by atoms with Crippen molar-refractivity contribution in [3.8, 4) is 11.1 Å². The van der Waals surface area contributed by atoms with Gasteiger partial charge in [0.2, 0.25) is 0 Å². The lowest BCUT2D eigenvalue weighted by Crippen LogP contribution is -2.26. The summed E-state index contributed by atoms with van der Waals surface area (Å²) in [5.74, 6) is -2.92. The van der Waals surface area contributed by atoms with Crippen molar-refractivity contribution < 1.29 is 19.1 Å². The molecule has 154 valence electrons. The normalized spacial score (nSPS) is 11.4. The van der Waals surface area contributed by atoms with Gasteiger partial charge in [-0.3, -0.25) is 9.59 Å². The fraction of sp³-hybridized carbons (Fsp3) is 0.304. The van der Waals surface area contributed by atoms with Gasteiger partial charge in [-0.2, -0.15) is 0 Å². The highest BCUT2D eigenvalue weighted by Crippen LogP contribution is 2.29. The summed E-state index contributed by atoms with van der Waals surface area (Å²) in [7, 11) is 0. The van der Waals surface area contributed by atoms with E-state index in [-0.39, 0.29) is 13.0 Å². The van der Waals surface area contributed by atoms with E-state index in [4.69, 9.17) is 5.11 Å². The number of carboxylic acids is 1. The summed E-state index contributed by atoms with van der Waals surface area (Å²) in [6.45, 7) is 7.85. The minimum absolute atomic E-state index is 0.117. The SMILES string of the molecule is Cc1cc(-c2ccc(NC(C)C)cc2)c(C)cc1C=C(F)C(=O)NCCC(=O)O. The molecule has 0 aliphatic rings. The van der Waals surface area contributed by atoms with Crippen molar-refractivity contribution in [1.29, 1.82) is 0 Å². The molecular weight excluding hydrogens is 371 g/mol. The Labute approximate surface area is 170 Å². The minimum atomic E-state index is -1.05. The Morgan fingerprint density at radius 3 is 2.34 bits per heavy atom. The van der Waals surface area contributed by atoms with Crippen molar-refractivity contribution in [3.05, 3.63) is 58.9 Å². The topological polar surface area (TPSA) is 78.4 Å². The van der Waals surface area contributed by atoms with Crippen LogP contribution >= 0.6 is 0 Å². The molecule has 29 heavy (non-hydrogen) atoms. The van der Waals surface area contributed by atoms with Crippen LogP contribution in [0.2, 0.25) is 0 Å². The highest BCUT2D eigenvalue weighted by Gasteiger charge is 2.12. The van der Waals surface area contributed by atoms with Gasteiger partial charge in [-0.05, 0) is 73.7 Å². The lowest BCUT2D eigenvalue weighted by Gasteiger charge is -2.13. The van der Waals surface area contributed by atoms with E-state index < -0.39 is 17.7 Å². The quantitative estimate of drug-likeness (QED) is 0.564. The van der Waals surface area contributed by atoms with Gasteiger partial charge in [-0.25, -0.2) is 4.39 Å². The van der Waals surface area contributed by atoms with Gasteiger partial charge in [0.05, 0.1) is 6.42 Å². The van der Waals surface area contributed by atoms with E-state index in [0.717, 1.165) is 27.9 Å². The first-order chi connectivity index (χ1) is 13.7. The number of hydrogen-bond donors (Lipinski definition) is 3. The maximum atomic E-state index is 14.2. The van der Waals surface area contributed by atoms with Gasteiger partial charge in [-0.1, -0.05) is 24.3 Å². The zero-order valence-electron chi connectivity index (χ0n) is 17.2. The lowest BCUT2D eigenvalue weighted by molar-refractivity contribution is -0.136. The third kappa shape index (κ3) is 6.45. The molecule has 0 atom stereocenters. The first-order valence-electron chi connectivity index (χ1n) is 9.52. The second-order valence-electron chi connectivity index (χ2n) is 7.29. The van der Waals surface area contributed by atoms with Gasteiger partial charge in [-0.15, -0.1) is 0 Å². The standard InChI is InChI=1S/C23H27FN2O3/c1-14(2)26-19-7-5-17(6-8-19)20-12-15(3)18(11-16(20)4)13-21(24)23(29)25-10-9-22(27)28/h5-8,11-14,26H,9-10H2,1-4H3,(H,25,29)(H,27,28). The van der Waals surface area contributed by atoms with Crippen molar-refractivity contribution in [2.75, 3.05) is 11.9 Å². The number of aliphatic carboxylic acids is 1. The van der Waals surface area contributed by atoms with Crippen molar-refractivity contribution in [2.45, 2.75) is 40.2 Å². The van der Waals surface area contributed by atoms with Crippen LogP contribution in [0.15, 0.2) is 42.2 Å². The molecular formula is C23H27FN2O3. The van der Waals surface area contributed by atoms with Crippen LogP contribution < -0.4 is 10.6 Å². The van der Waals surface area contributed by atoms with Gasteiger partial charge in [0.25, 0.3) is 5.91 Å². The number of amides is 1. The van der Waals surface area contributed by atoms with Gasteiger partial charge in [0.15, 0.2) is 5.83 Å². The summed E-state index contributed by atoms with van der Waals surface area (Å²) in [5, 5.41) is 14.2. The third-order valence-corrected chi connectivity index (χ3v) is 4.39. The maximum absolute atomic E-state index is 14.2. The molecule has 2 rings (SSSR count). The number of hydrogen-bond acceptors (Lipinski definition) is 3. The van der Waals surface area contributed by atoms with Crippen LogP contribution in [0.5, 0.6) is 0 Å². The van der Waals surface area contributed by atoms with E-state index in [9.17, 15) is 14.0 Å². The predicted octanol–water partition coefficient (Wildman–Crippen LogP) is 4.69. The first kappa shape index (κ1) is 22.1. The molecule has 0 saturated carbocycles. The average Bonchev–Trinajstić information content (AvgIpc) is 2.64. The Kier molecular flexibility index (Phi) is 7.53. The lowest BCUT2D eigenvalue weighted by atomic mass is 9.94. The molecule has 0 saturated heterocycles. The number of rotatable bonds is 8. The van der Waals surface area contributed by atoms with Crippen LogP contribution in [-0.4, -0.2) is 29.6 Å². The molecule has 6 heteroatoms. The first-order valence-corrected chi connectivity index (χ1v) is 9.52. The highest BCUT2D eigenvalue weighted by molar-refractivity contribution is 5.96. The number of anilines is 1. The summed E-state index contributed by atoms with van der Waals surface area (Å²) in [6.07, 6.45) is 0.926. The third-order valence-electron chi connectivity index (χ3n) is 4.39. The Hall–Kier alpha value is -3.15. The Balaban J connectivity index is 2.20. The molecule has 0 radical (unpaired) electrons. The Bertz CT molecular complexity index is 918. The molecule has 0 aromatic heterocycles. The van der Waals surface area contributed by atoms with Crippen LogP contribution in [-0.2, 0) is 9.59 Å². The predicted molar refractivity (Wildman–Crippen MR) is 114 cm³/mol. The fourth-order valence-corrected chi connectivity index (χ4v) is 2.95. The second kappa shape index (κ2) is 9.87. The molecule has 2 aromatic rings. The zero-order valence-corrected chi connectivity index (χ0v) is 17.2. The van der Waals surface area contributed by atoms with Crippen molar-refractivity contribution >= 4 is 23.6 Å². The number of aryl methyl sites for hydroxylation is 2.